The maximum absolute atomic E-state index is 12.5. The minimum atomic E-state index is -4.78. The van der Waals surface area contributed by atoms with Crippen molar-refractivity contribution >= 4 is 17.8 Å². The predicted octanol–water partition coefficient (Wildman–Crippen LogP) is 3.38. The van der Waals surface area contributed by atoms with Gasteiger partial charge in [-0.05, 0) is 18.2 Å². The fourth-order valence-electron chi connectivity index (χ4n) is 2.33. The Morgan fingerprint density at radius 1 is 1.20 bits per heavy atom. The Kier molecular flexibility index (Phi) is 4.46. The minimum Gasteiger partial charge on any atom is -0.409 e. The van der Waals surface area contributed by atoms with Gasteiger partial charge in [-0.2, -0.15) is 0 Å². The van der Waals surface area contributed by atoms with E-state index < -0.39 is 6.36 Å². The third-order valence-corrected chi connectivity index (χ3v) is 3.34. The number of nitrogens with zero attached hydrogens (tertiary/aromatic N) is 2. The van der Waals surface area contributed by atoms with Crippen LogP contribution < -0.4 is 14.8 Å². The number of imidazole rings is 1. The molecule has 0 bridgehead atoms. The van der Waals surface area contributed by atoms with Gasteiger partial charge in [-0.1, -0.05) is 18.2 Å². The number of ether oxygens (including phenoxy) is 2. The molecular formula is C16H12F3N3O3. The number of pyridine rings is 1. The van der Waals surface area contributed by atoms with Crippen LogP contribution in [0.2, 0.25) is 0 Å². The molecule has 0 saturated carbocycles. The van der Waals surface area contributed by atoms with Crippen molar-refractivity contribution in [3.05, 3.63) is 54.4 Å². The lowest BCUT2D eigenvalue weighted by Gasteiger charge is -2.15. The molecule has 0 atom stereocenters. The molecule has 0 aliphatic heterocycles. The van der Waals surface area contributed by atoms with Crippen LogP contribution in [0.1, 0.15) is 5.56 Å². The minimum absolute atomic E-state index is 0.0294. The fourth-order valence-corrected chi connectivity index (χ4v) is 2.33. The number of para-hydroxylation sites is 1. The Labute approximate surface area is 139 Å². The van der Waals surface area contributed by atoms with E-state index in [0.717, 1.165) is 0 Å². The lowest BCUT2D eigenvalue weighted by Crippen LogP contribution is -2.18. The summed E-state index contributed by atoms with van der Waals surface area (Å²) in [5.41, 5.74) is 1.27. The van der Waals surface area contributed by atoms with Crippen molar-refractivity contribution in [2.45, 2.75) is 12.9 Å². The van der Waals surface area contributed by atoms with Crippen LogP contribution in [-0.4, -0.2) is 22.2 Å². The molecule has 0 unspecified atom stereocenters. The van der Waals surface area contributed by atoms with Gasteiger partial charge < -0.3 is 14.8 Å². The number of carbonyl (C=O) groups excluding carboxylic acids is 1. The highest BCUT2D eigenvalue weighted by molar-refractivity contribution is 5.63. The summed E-state index contributed by atoms with van der Waals surface area (Å²) in [6.45, 7) is 0.294. The number of halogens is 3. The smallest absolute Gasteiger partial charge is 0.409 e. The second kappa shape index (κ2) is 6.71. The molecule has 9 heteroatoms. The molecular weight excluding hydrogens is 339 g/mol. The summed E-state index contributed by atoms with van der Waals surface area (Å²) in [7, 11) is 0. The zero-order chi connectivity index (χ0) is 17.9. The van der Waals surface area contributed by atoms with Gasteiger partial charge in [0.2, 0.25) is 5.88 Å². The fraction of sp³-hybridized carbons (Fsp3) is 0.125. The number of nitrogens with one attached hydrogen (secondary N) is 1. The summed E-state index contributed by atoms with van der Waals surface area (Å²) in [4.78, 5) is 14.8. The maximum atomic E-state index is 12.5. The van der Waals surface area contributed by atoms with Gasteiger partial charge >= 0.3 is 6.36 Å². The van der Waals surface area contributed by atoms with Crippen molar-refractivity contribution in [1.82, 2.24) is 9.38 Å². The molecule has 0 saturated heterocycles. The van der Waals surface area contributed by atoms with Crippen molar-refractivity contribution in [3.8, 4) is 11.6 Å². The number of alkyl halides is 3. The quantitative estimate of drug-likeness (QED) is 0.690. The van der Waals surface area contributed by atoms with E-state index in [-0.39, 0.29) is 24.6 Å². The number of fused-ring (bicyclic) bond motifs is 1. The molecule has 2 heterocycles. The average molecular weight is 351 g/mol. The Morgan fingerprint density at radius 3 is 2.76 bits per heavy atom. The van der Waals surface area contributed by atoms with E-state index in [9.17, 15) is 18.0 Å². The van der Waals surface area contributed by atoms with Gasteiger partial charge in [0, 0.05) is 24.5 Å². The van der Waals surface area contributed by atoms with Gasteiger partial charge in [0.25, 0.3) is 6.47 Å². The van der Waals surface area contributed by atoms with Crippen LogP contribution in [0.4, 0.5) is 18.9 Å². The first-order chi connectivity index (χ1) is 12.0. The number of benzene rings is 1. The Hall–Kier alpha value is -3.23. The first kappa shape index (κ1) is 16.6. The number of hydrogen-bond acceptors (Lipinski definition) is 5. The van der Waals surface area contributed by atoms with Gasteiger partial charge in [-0.15, -0.1) is 13.2 Å². The van der Waals surface area contributed by atoms with Crippen molar-refractivity contribution in [2.24, 2.45) is 0 Å². The van der Waals surface area contributed by atoms with Crippen LogP contribution >= 0.6 is 0 Å². The second-order valence-electron chi connectivity index (χ2n) is 4.93. The molecule has 0 aliphatic carbocycles. The van der Waals surface area contributed by atoms with E-state index >= 15 is 0 Å². The third-order valence-electron chi connectivity index (χ3n) is 3.34. The molecule has 130 valence electrons. The summed E-state index contributed by atoms with van der Waals surface area (Å²) >= 11 is 0. The van der Waals surface area contributed by atoms with Gasteiger partial charge in [0.05, 0.1) is 5.69 Å². The monoisotopic (exact) mass is 351 g/mol. The van der Waals surface area contributed by atoms with E-state index in [2.05, 4.69) is 15.0 Å². The van der Waals surface area contributed by atoms with Crippen molar-refractivity contribution in [1.29, 1.82) is 0 Å². The number of carbonyl (C=O) groups is 1. The van der Waals surface area contributed by atoms with E-state index in [1.807, 2.05) is 0 Å². The number of aromatic nitrogens is 2. The lowest BCUT2D eigenvalue weighted by atomic mass is 10.2. The zero-order valence-corrected chi connectivity index (χ0v) is 12.7. The summed E-state index contributed by atoms with van der Waals surface area (Å²) in [6, 6.07) is 9.08. The largest absolute Gasteiger partial charge is 0.573 e. The summed E-state index contributed by atoms with van der Waals surface area (Å²) in [5.74, 6) is -0.122. The number of rotatable bonds is 6. The van der Waals surface area contributed by atoms with Crippen LogP contribution in [0.5, 0.6) is 11.6 Å². The van der Waals surface area contributed by atoms with Gasteiger partial charge in [-0.25, -0.2) is 4.98 Å². The molecule has 2 aromatic heterocycles. The first-order valence-corrected chi connectivity index (χ1v) is 7.12. The SMILES string of the molecule is O=COc1c(NCc2ccccc2OC(F)(F)F)ccc2nccn12. The van der Waals surface area contributed by atoms with E-state index in [1.165, 1.54) is 28.8 Å². The standard InChI is InChI=1S/C16H12F3N3O3/c17-16(18,19)25-13-4-2-1-3-11(13)9-21-12-5-6-14-20-7-8-22(14)15(12)24-10-23/h1-8,10,21H,9H2. The molecule has 3 rings (SSSR count). The number of hydrogen-bond donors (Lipinski definition) is 1. The van der Waals surface area contributed by atoms with E-state index in [1.54, 1.807) is 24.4 Å². The van der Waals surface area contributed by atoms with Crippen molar-refractivity contribution < 1.29 is 27.4 Å². The molecule has 0 fully saturated rings. The van der Waals surface area contributed by atoms with E-state index in [4.69, 9.17) is 4.74 Å². The maximum Gasteiger partial charge on any atom is 0.573 e. The molecule has 0 spiro atoms. The van der Waals surface area contributed by atoms with Crippen LogP contribution in [-0.2, 0) is 11.3 Å². The number of anilines is 1. The molecule has 0 aliphatic rings. The van der Waals surface area contributed by atoms with Crippen LogP contribution in [0.3, 0.4) is 0 Å². The molecule has 0 amide bonds. The summed E-state index contributed by atoms with van der Waals surface area (Å²) < 4.78 is 48.0. The van der Waals surface area contributed by atoms with Crippen molar-refractivity contribution in [3.63, 3.8) is 0 Å². The Bertz CT molecular complexity index is 893. The van der Waals surface area contributed by atoms with Crippen LogP contribution in [0.25, 0.3) is 5.65 Å². The second-order valence-corrected chi connectivity index (χ2v) is 4.93. The van der Waals surface area contributed by atoms with Gasteiger partial charge in [-0.3, -0.25) is 9.20 Å². The summed E-state index contributed by atoms with van der Waals surface area (Å²) in [6.07, 6.45) is -1.65. The Morgan fingerprint density at radius 2 is 2.00 bits per heavy atom. The highest BCUT2D eigenvalue weighted by atomic mass is 19.4. The lowest BCUT2D eigenvalue weighted by molar-refractivity contribution is -0.274. The van der Waals surface area contributed by atoms with Gasteiger partial charge in [0.1, 0.15) is 11.4 Å². The zero-order valence-electron chi connectivity index (χ0n) is 12.7. The van der Waals surface area contributed by atoms with E-state index in [0.29, 0.717) is 16.9 Å². The Balaban J connectivity index is 1.86. The van der Waals surface area contributed by atoms with Crippen LogP contribution in [0, 0.1) is 0 Å². The average Bonchev–Trinajstić information content (AvgIpc) is 3.03. The molecule has 6 nitrogen and oxygen atoms in total. The van der Waals surface area contributed by atoms with Crippen molar-refractivity contribution in [2.75, 3.05) is 5.32 Å². The predicted molar refractivity (Wildman–Crippen MR) is 82.3 cm³/mol. The topological polar surface area (TPSA) is 64.9 Å². The highest BCUT2D eigenvalue weighted by Gasteiger charge is 2.31. The van der Waals surface area contributed by atoms with Crippen LogP contribution in [0.15, 0.2) is 48.8 Å². The molecule has 1 aromatic carbocycles. The molecule has 3 aromatic rings. The van der Waals surface area contributed by atoms with Gasteiger partial charge in [0.15, 0.2) is 0 Å². The first-order valence-electron chi connectivity index (χ1n) is 7.12. The molecule has 1 N–H and O–H groups in total. The third kappa shape index (κ3) is 3.82. The highest BCUT2D eigenvalue weighted by Crippen LogP contribution is 2.29. The normalized spacial score (nSPS) is 11.3. The molecule has 0 radical (unpaired) electrons. The summed E-state index contributed by atoms with van der Waals surface area (Å²) in [5, 5.41) is 2.94. The molecule has 25 heavy (non-hydrogen) atoms.